The van der Waals surface area contributed by atoms with E-state index in [2.05, 4.69) is 10.3 Å². The van der Waals surface area contributed by atoms with Crippen LogP contribution in [-0.4, -0.2) is 23.3 Å². The average Bonchev–Trinajstić information content (AvgIpc) is 3.22. The molecular weight excluding hydrogens is 387 g/mol. The minimum absolute atomic E-state index is 0.0162. The highest BCUT2D eigenvalue weighted by Crippen LogP contribution is 2.31. The van der Waals surface area contributed by atoms with E-state index in [9.17, 15) is 22.8 Å². The lowest BCUT2D eigenvalue weighted by Gasteiger charge is -2.16. The van der Waals surface area contributed by atoms with Crippen molar-refractivity contribution >= 4 is 34.3 Å². The molecule has 2 amide bonds. The fourth-order valence-corrected chi connectivity index (χ4v) is 3.32. The van der Waals surface area contributed by atoms with Crippen molar-refractivity contribution < 1.29 is 27.2 Å². The molecule has 2 aromatic carbocycles. The predicted molar refractivity (Wildman–Crippen MR) is 99.3 cm³/mol. The Balaban J connectivity index is 1.46. The number of anilines is 2. The second-order valence-electron chi connectivity index (χ2n) is 6.85. The zero-order valence-electron chi connectivity index (χ0n) is 15.3. The molecule has 1 aliphatic heterocycles. The Kier molecular flexibility index (Phi) is 4.52. The van der Waals surface area contributed by atoms with Gasteiger partial charge in [0.2, 0.25) is 11.8 Å². The van der Waals surface area contributed by atoms with E-state index in [1.54, 1.807) is 25.1 Å². The van der Waals surface area contributed by atoms with Crippen molar-refractivity contribution in [3.8, 4) is 0 Å². The first-order valence-electron chi connectivity index (χ1n) is 8.86. The maximum Gasteiger partial charge on any atom is 0.416 e. The number of nitrogens with zero attached hydrogens (tertiary/aromatic N) is 2. The molecule has 0 aliphatic carbocycles. The van der Waals surface area contributed by atoms with Crippen LogP contribution < -0.4 is 10.2 Å². The van der Waals surface area contributed by atoms with Gasteiger partial charge in [0.05, 0.1) is 11.5 Å². The highest BCUT2D eigenvalue weighted by atomic mass is 19.4. The Labute approximate surface area is 163 Å². The fourth-order valence-electron chi connectivity index (χ4n) is 3.32. The van der Waals surface area contributed by atoms with Crippen LogP contribution in [0.3, 0.4) is 0 Å². The highest BCUT2D eigenvalue weighted by molar-refractivity contribution is 6.04. The first-order valence-corrected chi connectivity index (χ1v) is 8.86. The zero-order valence-corrected chi connectivity index (χ0v) is 15.3. The van der Waals surface area contributed by atoms with Gasteiger partial charge in [0.1, 0.15) is 5.52 Å². The van der Waals surface area contributed by atoms with Crippen molar-refractivity contribution in [1.29, 1.82) is 0 Å². The molecule has 1 fully saturated rings. The molecule has 6 nitrogen and oxygen atoms in total. The van der Waals surface area contributed by atoms with Crippen LogP contribution in [0.4, 0.5) is 24.5 Å². The standard InChI is InChI=1S/C20H16F3N3O3/c1-11-24-16-9-15(6-7-17(16)29-11)26-10-12(8-18(26)27)19(28)25-14-4-2-13(3-5-14)20(21,22)23/h2-7,9,12H,8,10H2,1H3,(H,25,28). The van der Waals surface area contributed by atoms with Crippen molar-refractivity contribution in [2.24, 2.45) is 5.92 Å². The molecule has 3 aromatic rings. The number of fused-ring (bicyclic) bond motifs is 1. The Morgan fingerprint density at radius 2 is 1.93 bits per heavy atom. The number of alkyl halides is 3. The number of oxazole rings is 1. The van der Waals surface area contributed by atoms with E-state index in [0.29, 0.717) is 22.7 Å². The van der Waals surface area contributed by atoms with E-state index in [1.807, 2.05) is 0 Å². The van der Waals surface area contributed by atoms with Crippen molar-refractivity contribution in [2.75, 3.05) is 16.8 Å². The van der Waals surface area contributed by atoms with Crippen LogP contribution >= 0.6 is 0 Å². The van der Waals surface area contributed by atoms with Gasteiger partial charge in [0, 0.05) is 31.3 Å². The number of carbonyl (C=O) groups is 2. The molecule has 1 aliphatic rings. The third-order valence-corrected chi connectivity index (χ3v) is 4.77. The number of aryl methyl sites for hydroxylation is 1. The van der Waals surface area contributed by atoms with Crippen molar-refractivity contribution in [2.45, 2.75) is 19.5 Å². The molecule has 1 aromatic heterocycles. The maximum absolute atomic E-state index is 12.6. The largest absolute Gasteiger partial charge is 0.441 e. The summed E-state index contributed by atoms with van der Waals surface area (Å²) < 4.78 is 43.3. The molecular formula is C20H16F3N3O3. The number of nitrogens with one attached hydrogen (secondary N) is 1. The van der Waals surface area contributed by atoms with Gasteiger partial charge in [-0.3, -0.25) is 9.59 Å². The summed E-state index contributed by atoms with van der Waals surface area (Å²) in [5.74, 6) is -0.727. The lowest BCUT2D eigenvalue weighted by molar-refractivity contribution is -0.137. The number of carbonyl (C=O) groups excluding carboxylic acids is 2. The van der Waals surface area contributed by atoms with Crippen LogP contribution in [0.5, 0.6) is 0 Å². The van der Waals surface area contributed by atoms with Gasteiger partial charge in [-0.05, 0) is 42.5 Å². The molecule has 0 saturated carbocycles. The van der Waals surface area contributed by atoms with E-state index in [4.69, 9.17) is 4.42 Å². The number of aromatic nitrogens is 1. The van der Waals surface area contributed by atoms with Crippen LogP contribution in [0.25, 0.3) is 11.1 Å². The molecule has 9 heteroatoms. The van der Waals surface area contributed by atoms with Crippen LogP contribution in [-0.2, 0) is 15.8 Å². The summed E-state index contributed by atoms with van der Waals surface area (Å²) in [5, 5.41) is 2.58. The molecule has 1 atom stereocenters. The van der Waals surface area contributed by atoms with E-state index < -0.39 is 23.6 Å². The second kappa shape index (κ2) is 6.91. The van der Waals surface area contributed by atoms with E-state index in [1.165, 1.54) is 17.0 Å². The maximum atomic E-state index is 12.6. The third kappa shape index (κ3) is 3.80. The van der Waals surface area contributed by atoms with Crippen LogP contribution in [0.2, 0.25) is 0 Å². The first kappa shape index (κ1) is 19.0. The molecule has 1 saturated heterocycles. The SMILES string of the molecule is Cc1nc2cc(N3CC(C(=O)Nc4ccc(C(F)(F)F)cc4)CC3=O)ccc2o1. The minimum atomic E-state index is -4.44. The normalized spacial score (nSPS) is 17.2. The van der Waals surface area contributed by atoms with Crippen molar-refractivity contribution in [1.82, 2.24) is 4.98 Å². The quantitative estimate of drug-likeness (QED) is 0.713. The molecule has 29 heavy (non-hydrogen) atoms. The summed E-state index contributed by atoms with van der Waals surface area (Å²) >= 11 is 0. The Morgan fingerprint density at radius 1 is 1.21 bits per heavy atom. The van der Waals surface area contributed by atoms with E-state index in [0.717, 1.165) is 12.1 Å². The molecule has 4 rings (SSSR count). The minimum Gasteiger partial charge on any atom is -0.441 e. The second-order valence-corrected chi connectivity index (χ2v) is 6.85. The average molecular weight is 403 g/mol. The van der Waals surface area contributed by atoms with Gasteiger partial charge in [0.15, 0.2) is 11.5 Å². The Hall–Kier alpha value is -3.36. The fraction of sp³-hybridized carbons (Fsp3) is 0.250. The van der Waals surface area contributed by atoms with Gasteiger partial charge in [-0.1, -0.05) is 0 Å². The molecule has 0 bridgehead atoms. The molecule has 0 radical (unpaired) electrons. The molecule has 0 spiro atoms. The summed E-state index contributed by atoms with van der Waals surface area (Å²) in [7, 11) is 0. The summed E-state index contributed by atoms with van der Waals surface area (Å²) in [6, 6.07) is 9.34. The van der Waals surface area contributed by atoms with Gasteiger partial charge in [-0.25, -0.2) is 4.98 Å². The first-order chi connectivity index (χ1) is 13.7. The number of benzene rings is 2. The number of rotatable bonds is 3. The smallest absolute Gasteiger partial charge is 0.416 e. The monoisotopic (exact) mass is 403 g/mol. The number of amides is 2. The highest BCUT2D eigenvalue weighted by Gasteiger charge is 2.35. The summed E-state index contributed by atoms with van der Waals surface area (Å²) in [6.07, 6.45) is -4.42. The van der Waals surface area contributed by atoms with Crippen LogP contribution in [0.1, 0.15) is 17.9 Å². The van der Waals surface area contributed by atoms with Gasteiger partial charge in [-0.2, -0.15) is 13.2 Å². The lowest BCUT2D eigenvalue weighted by atomic mass is 10.1. The van der Waals surface area contributed by atoms with Gasteiger partial charge < -0.3 is 14.6 Å². The van der Waals surface area contributed by atoms with Gasteiger partial charge >= 0.3 is 6.18 Å². The molecule has 150 valence electrons. The summed E-state index contributed by atoms with van der Waals surface area (Å²) in [6.45, 7) is 1.90. The van der Waals surface area contributed by atoms with Crippen molar-refractivity contribution in [3.05, 3.63) is 53.9 Å². The topological polar surface area (TPSA) is 75.4 Å². The van der Waals surface area contributed by atoms with Gasteiger partial charge in [-0.15, -0.1) is 0 Å². The van der Waals surface area contributed by atoms with Crippen LogP contribution in [0.15, 0.2) is 46.9 Å². The predicted octanol–water partition coefficient (Wildman–Crippen LogP) is 4.15. The summed E-state index contributed by atoms with van der Waals surface area (Å²) in [4.78, 5) is 30.7. The Bertz CT molecular complexity index is 1090. The lowest BCUT2D eigenvalue weighted by Crippen LogP contribution is -2.28. The molecule has 1 N–H and O–H groups in total. The van der Waals surface area contributed by atoms with E-state index >= 15 is 0 Å². The number of hydrogen-bond acceptors (Lipinski definition) is 4. The van der Waals surface area contributed by atoms with Gasteiger partial charge in [0.25, 0.3) is 0 Å². The Morgan fingerprint density at radius 3 is 2.62 bits per heavy atom. The summed E-state index contributed by atoms with van der Waals surface area (Å²) in [5.41, 5.74) is 1.28. The number of halogens is 3. The zero-order chi connectivity index (χ0) is 20.8. The van der Waals surface area contributed by atoms with E-state index in [-0.39, 0.29) is 24.6 Å². The van der Waals surface area contributed by atoms with Crippen LogP contribution in [0, 0.1) is 12.8 Å². The molecule has 2 heterocycles. The van der Waals surface area contributed by atoms with Crippen molar-refractivity contribution in [3.63, 3.8) is 0 Å². The molecule has 1 unspecified atom stereocenters. The number of hydrogen-bond donors (Lipinski definition) is 1. The third-order valence-electron chi connectivity index (χ3n) is 4.77.